The summed E-state index contributed by atoms with van der Waals surface area (Å²) < 4.78 is 53.4. The number of hydrogen-bond donors (Lipinski definition) is 0. The number of fused-ring (bicyclic) bond motifs is 1. The average molecular weight is 616 g/mol. The van der Waals surface area contributed by atoms with Crippen LogP contribution in [0.25, 0.3) is 4.85 Å². The number of carbonyl (C=O) groups is 1. The van der Waals surface area contributed by atoms with Gasteiger partial charge in [-0.2, -0.15) is 23.1 Å². The molecular weight excluding hydrogens is 575 g/mol. The zero-order chi connectivity index (χ0) is 31.6. The maximum absolute atomic E-state index is 13.9. The summed E-state index contributed by atoms with van der Waals surface area (Å²) in [7, 11) is 2.07. The van der Waals surface area contributed by atoms with E-state index in [-0.39, 0.29) is 24.8 Å². The van der Waals surface area contributed by atoms with Crippen molar-refractivity contribution < 1.29 is 27.4 Å². The highest BCUT2D eigenvalue weighted by molar-refractivity contribution is 5.69. The van der Waals surface area contributed by atoms with Gasteiger partial charge in [-0.05, 0) is 59.3 Å². The molecule has 13 heteroatoms. The number of rotatable bonds is 6. The second kappa shape index (κ2) is 12.7. The number of nitrogens with zero attached hydrogens (tertiary/aromatic N) is 7. The van der Waals surface area contributed by atoms with Crippen molar-refractivity contribution in [2.24, 2.45) is 5.92 Å². The summed E-state index contributed by atoms with van der Waals surface area (Å²) in [6, 6.07) is 5.38. The summed E-state index contributed by atoms with van der Waals surface area (Å²) in [5, 5.41) is 0. The molecule has 1 aromatic heterocycles. The van der Waals surface area contributed by atoms with E-state index in [2.05, 4.69) is 16.8 Å². The van der Waals surface area contributed by atoms with Gasteiger partial charge in [0.15, 0.2) is 0 Å². The Morgan fingerprint density at radius 3 is 2.52 bits per heavy atom. The minimum Gasteiger partial charge on any atom is -0.463 e. The molecule has 3 aliphatic rings. The van der Waals surface area contributed by atoms with Gasteiger partial charge in [-0.25, -0.2) is 11.4 Å². The molecule has 2 fully saturated rings. The first kappa shape index (κ1) is 31.6. The van der Waals surface area contributed by atoms with E-state index in [4.69, 9.17) is 26.0 Å². The SMILES string of the molecule is [C-]#[N+]CC1CN(c2nc(OC[C@@H]3CCN(C)C3)nc3c2CCN(c2ccccc2C(F)(F)F)C3)CCN1C(=O)OC(C)(C)C. The molecule has 0 saturated carbocycles. The predicted octanol–water partition coefficient (Wildman–Crippen LogP) is 4.73. The quantitative estimate of drug-likeness (QED) is 0.432. The van der Waals surface area contributed by atoms with Gasteiger partial charge in [-0.1, -0.05) is 12.1 Å². The van der Waals surface area contributed by atoms with Crippen LogP contribution in [0.2, 0.25) is 0 Å². The number of likely N-dealkylation sites (tertiary alicyclic amines) is 1. The zero-order valence-corrected chi connectivity index (χ0v) is 25.7. The normalized spacial score (nSPS) is 21.2. The Labute approximate surface area is 256 Å². The predicted molar refractivity (Wildman–Crippen MR) is 160 cm³/mol. The lowest BCUT2D eigenvalue weighted by atomic mass is 10.0. The highest BCUT2D eigenvalue weighted by atomic mass is 19.4. The number of benzene rings is 1. The molecule has 1 amide bonds. The molecule has 2 atom stereocenters. The Bertz CT molecular complexity index is 1390. The standard InChI is InChI=1S/C31H40F3N7O3/c1-30(2,3)44-29(42)41-15-14-40(18-22(41)16-35-4)27-23-11-13-39(26-9-7-6-8-24(26)31(32,33)34)19-25(23)36-28(37-27)43-20-21-10-12-38(5)17-21/h6-9,21-22H,10-20H2,1-3,5H3/t21-,22?/m1/s1. The van der Waals surface area contributed by atoms with Crippen molar-refractivity contribution in [3.8, 4) is 6.01 Å². The Hall–Kier alpha value is -3.79. The van der Waals surface area contributed by atoms with Crippen LogP contribution in [0, 0.1) is 12.5 Å². The van der Waals surface area contributed by atoms with E-state index in [9.17, 15) is 18.0 Å². The molecule has 5 rings (SSSR count). The molecule has 1 unspecified atom stereocenters. The van der Waals surface area contributed by atoms with Gasteiger partial charge in [0.25, 0.3) is 0 Å². The van der Waals surface area contributed by atoms with Gasteiger partial charge in [0, 0.05) is 49.9 Å². The minimum absolute atomic E-state index is 0.101. The van der Waals surface area contributed by atoms with Gasteiger partial charge in [0.1, 0.15) is 17.5 Å². The summed E-state index contributed by atoms with van der Waals surface area (Å²) in [4.78, 5) is 33.7. The van der Waals surface area contributed by atoms with Crippen LogP contribution in [-0.4, -0.2) is 97.0 Å². The third-order valence-electron chi connectivity index (χ3n) is 8.22. The first-order valence-corrected chi connectivity index (χ1v) is 15.0. The van der Waals surface area contributed by atoms with Gasteiger partial charge in [-0.3, -0.25) is 4.90 Å². The van der Waals surface area contributed by atoms with Gasteiger partial charge >= 0.3 is 18.3 Å². The van der Waals surface area contributed by atoms with E-state index in [0.29, 0.717) is 56.6 Å². The van der Waals surface area contributed by atoms with E-state index in [0.717, 1.165) is 31.1 Å². The van der Waals surface area contributed by atoms with Gasteiger partial charge in [0.05, 0.1) is 24.4 Å². The fraction of sp³-hybridized carbons (Fsp3) is 0.613. The molecule has 238 valence electrons. The fourth-order valence-electron chi connectivity index (χ4n) is 6.13. The number of hydrogen-bond acceptors (Lipinski definition) is 8. The van der Waals surface area contributed by atoms with Crippen LogP contribution in [-0.2, 0) is 23.9 Å². The highest BCUT2D eigenvalue weighted by Crippen LogP contribution is 2.39. The maximum atomic E-state index is 13.9. The van der Waals surface area contributed by atoms with Crippen molar-refractivity contribution in [2.75, 3.05) is 69.3 Å². The van der Waals surface area contributed by atoms with Crippen LogP contribution < -0.4 is 14.5 Å². The summed E-state index contributed by atoms with van der Waals surface area (Å²) in [5.74, 6) is 0.981. The molecule has 0 spiro atoms. The molecule has 44 heavy (non-hydrogen) atoms. The Balaban J connectivity index is 1.44. The van der Waals surface area contributed by atoms with Crippen LogP contribution in [0.5, 0.6) is 6.01 Å². The molecule has 0 aliphatic carbocycles. The van der Waals surface area contributed by atoms with E-state index in [1.807, 2.05) is 4.90 Å². The number of halogens is 3. The van der Waals surface area contributed by atoms with Crippen LogP contribution in [0.3, 0.4) is 0 Å². The molecule has 3 aliphatic heterocycles. The van der Waals surface area contributed by atoms with Crippen LogP contribution in [0.15, 0.2) is 24.3 Å². The Morgan fingerprint density at radius 1 is 1.07 bits per heavy atom. The molecule has 0 N–H and O–H groups in total. The van der Waals surface area contributed by atoms with Crippen molar-refractivity contribution in [2.45, 2.75) is 58.0 Å². The molecule has 0 bridgehead atoms. The van der Waals surface area contributed by atoms with Crippen LogP contribution >= 0.6 is 0 Å². The summed E-state index contributed by atoms with van der Waals surface area (Å²) in [6.07, 6.45) is -3.51. The molecule has 4 heterocycles. The van der Waals surface area contributed by atoms with E-state index in [1.165, 1.54) is 12.1 Å². The first-order chi connectivity index (χ1) is 20.8. The number of alkyl halides is 3. The maximum Gasteiger partial charge on any atom is 0.418 e. The lowest BCUT2D eigenvalue weighted by molar-refractivity contribution is -0.137. The summed E-state index contributed by atoms with van der Waals surface area (Å²) >= 11 is 0. The monoisotopic (exact) mass is 615 g/mol. The fourth-order valence-corrected chi connectivity index (χ4v) is 6.13. The number of para-hydroxylation sites is 1. The molecule has 1 aromatic carbocycles. The Kier molecular flexibility index (Phi) is 9.11. The number of aromatic nitrogens is 2. The van der Waals surface area contributed by atoms with Crippen molar-refractivity contribution >= 4 is 17.6 Å². The molecule has 2 aromatic rings. The van der Waals surface area contributed by atoms with E-state index in [1.54, 1.807) is 36.6 Å². The largest absolute Gasteiger partial charge is 0.463 e. The van der Waals surface area contributed by atoms with Crippen molar-refractivity contribution in [1.82, 2.24) is 19.8 Å². The summed E-state index contributed by atoms with van der Waals surface area (Å²) in [5.41, 5.74) is 0.240. The molecular formula is C31H40F3N7O3. The smallest absolute Gasteiger partial charge is 0.418 e. The van der Waals surface area contributed by atoms with Gasteiger partial charge in [-0.15, -0.1) is 0 Å². The summed E-state index contributed by atoms with van der Waals surface area (Å²) in [6.45, 7) is 17.0. The third-order valence-corrected chi connectivity index (χ3v) is 8.22. The van der Waals surface area contributed by atoms with Gasteiger partial charge < -0.3 is 29.0 Å². The van der Waals surface area contributed by atoms with Crippen molar-refractivity contribution in [3.63, 3.8) is 0 Å². The highest BCUT2D eigenvalue weighted by Gasteiger charge is 2.39. The number of ether oxygens (including phenoxy) is 2. The van der Waals surface area contributed by atoms with Crippen molar-refractivity contribution in [1.29, 1.82) is 0 Å². The average Bonchev–Trinajstić information content (AvgIpc) is 3.39. The van der Waals surface area contributed by atoms with E-state index < -0.39 is 29.5 Å². The van der Waals surface area contributed by atoms with Crippen LogP contribution in [0.4, 0.5) is 29.5 Å². The Morgan fingerprint density at radius 2 is 1.84 bits per heavy atom. The molecule has 10 nitrogen and oxygen atoms in total. The topological polar surface area (TPSA) is 78.6 Å². The lowest BCUT2D eigenvalue weighted by Crippen LogP contribution is -2.57. The minimum atomic E-state index is -4.48. The number of amides is 1. The second-order valence-electron chi connectivity index (χ2n) is 12.8. The number of piperazine rings is 1. The van der Waals surface area contributed by atoms with Crippen LogP contribution in [0.1, 0.15) is 44.0 Å². The lowest BCUT2D eigenvalue weighted by Gasteiger charge is -2.41. The second-order valence-corrected chi connectivity index (χ2v) is 12.8. The van der Waals surface area contributed by atoms with Crippen molar-refractivity contribution in [3.05, 3.63) is 52.5 Å². The zero-order valence-electron chi connectivity index (χ0n) is 25.7. The molecule has 0 radical (unpaired) electrons. The van der Waals surface area contributed by atoms with E-state index >= 15 is 0 Å². The number of carbonyl (C=O) groups excluding carboxylic acids is 1. The molecule has 2 saturated heterocycles. The van der Waals surface area contributed by atoms with Gasteiger partial charge in [0.2, 0.25) is 6.54 Å². The first-order valence-electron chi connectivity index (χ1n) is 15.0. The third kappa shape index (κ3) is 7.29. The number of anilines is 2.